The zero-order valence-corrected chi connectivity index (χ0v) is 12.4. The van der Waals surface area contributed by atoms with Gasteiger partial charge in [0.15, 0.2) is 0 Å². The fourth-order valence-corrected chi connectivity index (χ4v) is 3.16. The van der Waals surface area contributed by atoms with Crippen LogP contribution in [0.4, 0.5) is 4.79 Å². The molecule has 20 heavy (non-hydrogen) atoms. The van der Waals surface area contributed by atoms with Crippen LogP contribution in [-0.4, -0.2) is 35.1 Å². The maximum Gasteiger partial charge on any atom is 0.317 e. The Morgan fingerprint density at radius 3 is 2.65 bits per heavy atom. The number of carbonyl (C=O) groups excluding carboxylic acids is 1. The van der Waals surface area contributed by atoms with Crippen molar-refractivity contribution in [1.29, 1.82) is 0 Å². The Hall–Kier alpha value is -1.56. The van der Waals surface area contributed by atoms with Gasteiger partial charge in [-0.15, -0.1) is 0 Å². The summed E-state index contributed by atoms with van der Waals surface area (Å²) in [6, 6.07) is 2.02. The zero-order valence-electron chi connectivity index (χ0n) is 11.5. The standard InChI is InChI=1S/C14H20N2O3S/c1-16(8-10-6-7-20-9-10)14(19)15-12-4-2-11(3-5-12)13(17)18/h6-7,9,11-12H,2-5,8H2,1H3,(H,15,19)(H,17,18). The van der Waals surface area contributed by atoms with Gasteiger partial charge in [0.1, 0.15) is 0 Å². The first-order chi connectivity index (χ1) is 9.56. The van der Waals surface area contributed by atoms with Gasteiger partial charge in [0.05, 0.1) is 5.92 Å². The van der Waals surface area contributed by atoms with Crippen molar-refractivity contribution in [3.05, 3.63) is 22.4 Å². The minimum Gasteiger partial charge on any atom is -0.481 e. The molecule has 1 fully saturated rings. The van der Waals surface area contributed by atoms with Gasteiger partial charge in [-0.1, -0.05) is 0 Å². The summed E-state index contributed by atoms with van der Waals surface area (Å²) in [5.74, 6) is -0.962. The van der Waals surface area contributed by atoms with Crippen LogP contribution in [0.3, 0.4) is 0 Å². The number of aliphatic carboxylic acids is 1. The Bertz CT molecular complexity index is 453. The van der Waals surface area contributed by atoms with Crippen LogP contribution < -0.4 is 5.32 Å². The number of carboxylic acid groups (broad SMARTS) is 1. The van der Waals surface area contributed by atoms with E-state index < -0.39 is 5.97 Å². The maximum absolute atomic E-state index is 12.1. The molecule has 0 spiro atoms. The second kappa shape index (κ2) is 6.74. The lowest BCUT2D eigenvalue weighted by molar-refractivity contribution is -0.142. The summed E-state index contributed by atoms with van der Waals surface area (Å²) in [7, 11) is 1.77. The number of amides is 2. The van der Waals surface area contributed by atoms with Crippen molar-refractivity contribution in [2.24, 2.45) is 5.92 Å². The fraction of sp³-hybridized carbons (Fsp3) is 0.571. The molecule has 110 valence electrons. The smallest absolute Gasteiger partial charge is 0.317 e. The predicted octanol–water partition coefficient (Wildman–Crippen LogP) is 2.53. The van der Waals surface area contributed by atoms with E-state index in [0.29, 0.717) is 19.4 Å². The van der Waals surface area contributed by atoms with E-state index in [1.54, 1.807) is 23.3 Å². The minimum absolute atomic E-state index is 0.0880. The van der Waals surface area contributed by atoms with Gasteiger partial charge in [0.25, 0.3) is 0 Å². The van der Waals surface area contributed by atoms with Gasteiger partial charge < -0.3 is 15.3 Å². The molecule has 1 aromatic rings. The molecule has 5 nitrogen and oxygen atoms in total. The minimum atomic E-state index is -0.718. The summed E-state index contributed by atoms with van der Waals surface area (Å²) in [5, 5.41) is 16.0. The molecule has 6 heteroatoms. The Kier molecular flexibility index (Phi) is 5.00. The van der Waals surface area contributed by atoms with Crippen LogP contribution in [0, 0.1) is 5.92 Å². The van der Waals surface area contributed by atoms with Crippen molar-refractivity contribution in [2.75, 3.05) is 7.05 Å². The Morgan fingerprint density at radius 2 is 2.10 bits per heavy atom. The SMILES string of the molecule is CN(Cc1ccsc1)C(=O)NC1CCC(C(=O)O)CC1. The zero-order chi connectivity index (χ0) is 14.5. The summed E-state index contributed by atoms with van der Waals surface area (Å²) in [6.45, 7) is 0.597. The molecule has 1 aliphatic carbocycles. The van der Waals surface area contributed by atoms with Crippen LogP contribution in [0.25, 0.3) is 0 Å². The molecule has 1 saturated carbocycles. The molecule has 0 atom stereocenters. The van der Waals surface area contributed by atoms with Crippen molar-refractivity contribution < 1.29 is 14.7 Å². The summed E-state index contributed by atoms with van der Waals surface area (Å²) < 4.78 is 0. The second-order valence-electron chi connectivity index (χ2n) is 5.32. The first kappa shape index (κ1) is 14.8. The molecule has 2 amide bonds. The summed E-state index contributed by atoms with van der Waals surface area (Å²) in [5.41, 5.74) is 1.13. The van der Waals surface area contributed by atoms with E-state index in [2.05, 4.69) is 5.32 Å². The van der Waals surface area contributed by atoms with E-state index in [9.17, 15) is 9.59 Å². The molecular formula is C14H20N2O3S. The van der Waals surface area contributed by atoms with Gasteiger partial charge in [-0.25, -0.2) is 4.79 Å². The number of thiophene rings is 1. The first-order valence-electron chi connectivity index (χ1n) is 6.81. The van der Waals surface area contributed by atoms with Crippen LogP contribution in [0.15, 0.2) is 16.8 Å². The number of hydrogen-bond acceptors (Lipinski definition) is 3. The van der Waals surface area contributed by atoms with Crippen molar-refractivity contribution in [1.82, 2.24) is 10.2 Å². The predicted molar refractivity (Wildman–Crippen MR) is 77.7 cm³/mol. The van der Waals surface area contributed by atoms with E-state index in [1.165, 1.54) is 0 Å². The lowest BCUT2D eigenvalue weighted by Crippen LogP contribution is -2.44. The highest BCUT2D eigenvalue weighted by Crippen LogP contribution is 2.24. The summed E-state index contributed by atoms with van der Waals surface area (Å²) in [6.07, 6.45) is 2.78. The highest BCUT2D eigenvalue weighted by molar-refractivity contribution is 7.07. The Balaban J connectivity index is 1.76. The largest absolute Gasteiger partial charge is 0.481 e. The van der Waals surface area contributed by atoms with E-state index in [0.717, 1.165) is 18.4 Å². The van der Waals surface area contributed by atoms with Crippen LogP contribution in [-0.2, 0) is 11.3 Å². The van der Waals surface area contributed by atoms with Crippen molar-refractivity contribution in [2.45, 2.75) is 38.3 Å². The number of carbonyl (C=O) groups is 2. The van der Waals surface area contributed by atoms with E-state index in [1.807, 2.05) is 16.8 Å². The third kappa shape index (κ3) is 3.96. The Labute approximate surface area is 122 Å². The lowest BCUT2D eigenvalue weighted by Gasteiger charge is -2.28. The normalized spacial score (nSPS) is 22.2. The van der Waals surface area contributed by atoms with E-state index in [4.69, 9.17) is 5.11 Å². The quantitative estimate of drug-likeness (QED) is 0.897. The second-order valence-corrected chi connectivity index (χ2v) is 6.10. The monoisotopic (exact) mass is 296 g/mol. The first-order valence-corrected chi connectivity index (χ1v) is 7.76. The molecule has 0 saturated heterocycles. The van der Waals surface area contributed by atoms with E-state index >= 15 is 0 Å². The number of rotatable bonds is 4. The Morgan fingerprint density at radius 1 is 1.40 bits per heavy atom. The highest BCUT2D eigenvalue weighted by Gasteiger charge is 2.27. The molecule has 1 aliphatic rings. The van der Waals surface area contributed by atoms with E-state index in [-0.39, 0.29) is 18.0 Å². The van der Waals surface area contributed by atoms with Gasteiger partial charge in [0.2, 0.25) is 0 Å². The number of carboxylic acids is 1. The molecular weight excluding hydrogens is 276 g/mol. The molecule has 0 unspecified atom stereocenters. The van der Waals surface area contributed by atoms with Crippen LogP contribution >= 0.6 is 11.3 Å². The molecule has 2 rings (SSSR count). The van der Waals surface area contributed by atoms with Gasteiger partial charge in [-0.2, -0.15) is 11.3 Å². The van der Waals surface area contributed by atoms with Crippen LogP contribution in [0.1, 0.15) is 31.2 Å². The summed E-state index contributed by atoms with van der Waals surface area (Å²) in [4.78, 5) is 24.6. The van der Waals surface area contributed by atoms with Gasteiger partial charge in [-0.05, 0) is 48.1 Å². The maximum atomic E-state index is 12.1. The fourth-order valence-electron chi connectivity index (χ4n) is 2.50. The third-order valence-corrected chi connectivity index (χ3v) is 4.48. The number of urea groups is 1. The van der Waals surface area contributed by atoms with Gasteiger partial charge in [0, 0.05) is 19.6 Å². The molecule has 0 bridgehead atoms. The molecule has 0 aromatic carbocycles. The molecule has 1 heterocycles. The molecule has 0 radical (unpaired) electrons. The van der Waals surface area contributed by atoms with Crippen molar-refractivity contribution >= 4 is 23.3 Å². The lowest BCUT2D eigenvalue weighted by atomic mass is 9.86. The molecule has 2 N–H and O–H groups in total. The van der Waals surface area contributed by atoms with Crippen LogP contribution in [0.2, 0.25) is 0 Å². The average molecular weight is 296 g/mol. The van der Waals surface area contributed by atoms with Crippen molar-refractivity contribution in [3.63, 3.8) is 0 Å². The highest BCUT2D eigenvalue weighted by atomic mass is 32.1. The molecule has 1 aromatic heterocycles. The molecule has 0 aliphatic heterocycles. The number of hydrogen-bond donors (Lipinski definition) is 2. The summed E-state index contributed by atoms with van der Waals surface area (Å²) >= 11 is 1.62. The third-order valence-electron chi connectivity index (χ3n) is 3.75. The topological polar surface area (TPSA) is 69.6 Å². The number of nitrogens with one attached hydrogen (secondary N) is 1. The van der Waals surface area contributed by atoms with Crippen molar-refractivity contribution in [3.8, 4) is 0 Å². The number of nitrogens with zero attached hydrogens (tertiary/aromatic N) is 1. The van der Waals surface area contributed by atoms with Gasteiger partial charge >= 0.3 is 12.0 Å². The average Bonchev–Trinajstić information content (AvgIpc) is 2.92. The van der Waals surface area contributed by atoms with Crippen LogP contribution in [0.5, 0.6) is 0 Å². The van der Waals surface area contributed by atoms with Gasteiger partial charge in [-0.3, -0.25) is 4.79 Å².